The Morgan fingerprint density at radius 1 is 1.31 bits per heavy atom. The van der Waals surface area contributed by atoms with E-state index in [1.807, 2.05) is 11.8 Å². The van der Waals surface area contributed by atoms with Gasteiger partial charge in [0.2, 0.25) is 0 Å². The van der Waals surface area contributed by atoms with Gasteiger partial charge >= 0.3 is 0 Å². The van der Waals surface area contributed by atoms with Crippen LogP contribution < -0.4 is 15.4 Å². The van der Waals surface area contributed by atoms with E-state index in [-0.39, 0.29) is 18.0 Å². The summed E-state index contributed by atoms with van der Waals surface area (Å²) in [6, 6.07) is 12.0. The Kier molecular flexibility index (Phi) is 6.45. The molecule has 1 aliphatic heterocycles. The van der Waals surface area contributed by atoms with E-state index in [9.17, 15) is 12.8 Å². The molecule has 1 saturated heterocycles. The molecular formula is C22H24FN3O5S. The molecule has 1 aromatic heterocycles. The Morgan fingerprint density at radius 2 is 2.09 bits per heavy atom. The molecule has 32 heavy (non-hydrogen) atoms. The predicted molar refractivity (Wildman–Crippen MR) is 118 cm³/mol. The van der Waals surface area contributed by atoms with Crippen LogP contribution in [0.25, 0.3) is 11.1 Å². The van der Waals surface area contributed by atoms with Crippen molar-refractivity contribution in [2.24, 2.45) is 5.73 Å². The summed E-state index contributed by atoms with van der Waals surface area (Å²) in [4.78, 5) is 6.45. The molecule has 0 aliphatic carbocycles. The molecular weight excluding hydrogens is 437 g/mol. The van der Waals surface area contributed by atoms with Crippen molar-refractivity contribution in [2.45, 2.75) is 24.3 Å². The maximum absolute atomic E-state index is 12.6. The summed E-state index contributed by atoms with van der Waals surface area (Å²) in [6.45, 7) is 2.89. The summed E-state index contributed by atoms with van der Waals surface area (Å²) < 4.78 is 54.5. The Balaban J connectivity index is 1.42. The number of ether oxygens (including phenoxy) is 1. The molecule has 0 radical (unpaired) electrons. The molecule has 4 rings (SSSR count). The van der Waals surface area contributed by atoms with Crippen LogP contribution in [-0.2, 0) is 14.3 Å². The molecule has 170 valence electrons. The van der Waals surface area contributed by atoms with Crippen LogP contribution in [0.4, 0.5) is 10.4 Å². The topological polar surface area (TPSA) is 108 Å². The van der Waals surface area contributed by atoms with Crippen LogP contribution in [-0.4, -0.2) is 45.7 Å². The van der Waals surface area contributed by atoms with Gasteiger partial charge in [-0.15, -0.1) is 0 Å². The Morgan fingerprint density at radius 3 is 2.81 bits per heavy atom. The van der Waals surface area contributed by atoms with Crippen LogP contribution in [0.3, 0.4) is 0 Å². The maximum Gasteiger partial charge on any atom is 0.298 e. The van der Waals surface area contributed by atoms with Gasteiger partial charge in [-0.2, -0.15) is 13.4 Å². The summed E-state index contributed by atoms with van der Waals surface area (Å²) in [7, 11) is -3.85. The van der Waals surface area contributed by atoms with E-state index in [0.29, 0.717) is 54.3 Å². The fraction of sp³-hybridized carbons (Fsp3) is 0.318. The van der Waals surface area contributed by atoms with Crippen LogP contribution in [0.1, 0.15) is 12.0 Å². The van der Waals surface area contributed by atoms with Crippen molar-refractivity contribution in [3.8, 4) is 5.75 Å². The smallest absolute Gasteiger partial charge is 0.298 e. The molecule has 2 heterocycles. The largest absolute Gasteiger partial charge is 0.489 e. The quantitative estimate of drug-likeness (QED) is 0.509. The van der Waals surface area contributed by atoms with Crippen LogP contribution in [0.2, 0.25) is 0 Å². The summed E-state index contributed by atoms with van der Waals surface area (Å²) in [5, 5.41) is 0. The first-order valence-corrected chi connectivity index (χ1v) is 11.6. The molecule has 2 aromatic carbocycles. The van der Waals surface area contributed by atoms with Crippen molar-refractivity contribution >= 4 is 27.2 Å². The number of hydrogen-bond donors (Lipinski definition) is 1. The van der Waals surface area contributed by atoms with Gasteiger partial charge in [0.05, 0.1) is 23.9 Å². The number of fused-ring (bicyclic) bond motifs is 1. The lowest BCUT2D eigenvalue weighted by Crippen LogP contribution is -2.25. The first kappa shape index (κ1) is 22.3. The highest BCUT2D eigenvalue weighted by molar-refractivity contribution is 7.86. The molecule has 3 aromatic rings. The number of rotatable bonds is 8. The van der Waals surface area contributed by atoms with Crippen molar-refractivity contribution in [1.29, 1.82) is 0 Å². The van der Waals surface area contributed by atoms with E-state index < -0.39 is 16.2 Å². The average Bonchev–Trinajstić information content (AvgIpc) is 3.41. The molecule has 1 unspecified atom stereocenters. The van der Waals surface area contributed by atoms with Crippen LogP contribution in [0.15, 0.2) is 63.7 Å². The first-order valence-electron chi connectivity index (χ1n) is 10.1. The third-order valence-electron chi connectivity index (χ3n) is 5.18. The van der Waals surface area contributed by atoms with E-state index in [0.717, 1.165) is 5.56 Å². The second-order valence-electron chi connectivity index (χ2n) is 7.61. The number of hydrogen-bond acceptors (Lipinski definition) is 8. The number of benzene rings is 2. The highest BCUT2D eigenvalue weighted by Gasteiger charge is 2.31. The summed E-state index contributed by atoms with van der Waals surface area (Å²) in [5.41, 5.74) is 7.88. The van der Waals surface area contributed by atoms with Gasteiger partial charge in [0, 0.05) is 24.7 Å². The van der Waals surface area contributed by atoms with Gasteiger partial charge < -0.3 is 19.8 Å². The molecule has 0 saturated carbocycles. The van der Waals surface area contributed by atoms with Crippen LogP contribution >= 0.6 is 0 Å². The zero-order chi connectivity index (χ0) is 22.7. The number of oxazole rings is 1. The Hall–Kier alpha value is -2.95. The molecule has 2 N–H and O–H groups in total. The Bertz CT molecular complexity index is 1220. The van der Waals surface area contributed by atoms with Gasteiger partial charge in [-0.1, -0.05) is 17.7 Å². The lowest BCUT2D eigenvalue weighted by atomic mass is 10.2. The summed E-state index contributed by atoms with van der Waals surface area (Å²) >= 11 is 0. The zero-order valence-electron chi connectivity index (χ0n) is 17.5. The van der Waals surface area contributed by atoms with Gasteiger partial charge in [0.25, 0.3) is 16.1 Å². The first-order chi connectivity index (χ1) is 15.4. The fourth-order valence-corrected chi connectivity index (χ4v) is 4.44. The zero-order valence-corrected chi connectivity index (χ0v) is 18.3. The molecule has 8 nitrogen and oxygen atoms in total. The average molecular weight is 462 g/mol. The minimum absolute atomic E-state index is 0.0418. The van der Waals surface area contributed by atoms with E-state index in [4.69, 9.17) is 19.1 Å². The lowest BCUT2D eigenvalue weighted by Gasteiger charge is -2.14. The second-order valence-corrected chi connectivity index (χ2v) is 9.18. The molecule has 0 spiro atoms. The van der Waals surface area contributed by atoms with E-state index in [2.05, 4.69) is 4.98 Å². The lowest BCUT2D eigenvalue weighted by molar-refractivity contribution is 0.231. The third kappa shape index (κ3) is 4.93. The monoisotopic (exact) mass is 461 g/mol. The van der Waals surface area contributed by atoms with Crippen molar-refractivity contribution in [1.82, 2.24) is 4.98 Å². The summed E-state index contributed by atoms with van der Waals surface area (Å²) in [6.07, 6.45) is 0.461. The van der Waals surface area contributed by atoms with Crippen molar-refractivity contribution < 1.29 is 26.1 Å². The highest BCUT2D eigenvalue weighted by Crippen LogP contribution is 2.29. The van der Waals surface area contributed by atoms with Crippen molar-refractivity contribution in [3.05, 3.63) is 59.9 Å². The molecule has 1 aliphatic rings. The van der Waals surface area contributed by atoms with Crippen molar-refractivity contribution in [3.63, 3.8) is 0 Å². The minimum Gasteiger partial charge on any atom is -0.489 e. The van der Waals surface area contributed by atoms with Gasteiger partial charge in [-0.05, 0) is 37.6 Å². The Labute approximate surface area is 185 Å². The number of nitrogens with zero attached hydrogens (tertiary/aromatic N) is 2. The molecule has 10 heteroatoms. The van der Waals surface area contributed by atoms with Gasteiger partial charge in [-0.3, -0.25) is 4.18 Å². The van der Waals surface area contributed by atoms with Gasteiger partial charge in [0.15, 0.2) is 5.58 Å². The molecule has 1 atom stereocenters. The number of halogens is 1. The molecule has 0 bridgehead atoms. The SMILES string of the molecule is Cc1ccc(S(=O)(=O)OC2CCN(c3nc4ccc(OC/C(=C/F)CN)cc4o3)C2)cc1. The standard InChI is InChI=1S/C22H24FN3O5S/c1-15-2-5-19(6-3-15)32(27,28)31-18-8-9-26(13-18)22-25-20-7-4-17(10-21(20)30-22)29-14-16(11-23)12-24/h2-7,10-11,18H,8-9,12-14,24H2,1H3/b16-11+. The number of nitrogens with two attached hydrogens (primary N) is 1. The van der Waals surface area contributed by atoms with E-state index in [1.165, 1.54) is 12.1 Å². The van der Waals surface area contributed by atoms with Gasteiger partial charge in [-0.25, -0.2) is 4.39 Å². The predicted octanol–water partition coefficient (Wildman–Crippen LogP) is 3.31. The normalized spacial score (nSPS) is 17.3. The maximum atomic E-state index is 12.6. The fourth-order valence-electron chi connectivity index (χ4n) is 3.35. The molecule has 0 amide bonds. The third-order valence-corrected chi connectivity index (χ3v) is 6.55. The molecule has 1 fully saturated rings. The van der Waals surface area contributed by atoms with Crippen LogP contribution in [0.5, 0.6) is 5.75 Å². The van der Waals surface area contributed by atoms with E-state index in [1.54, 1.807) is 30.3 Å². The van der Waals surface area contributed by atoms with Crippen molar-refractivity contribution in [2.75, 3.05) is 31.1 Å². The highest BCUT2D eigenvalue weighted by atomic mass is 32.2. The number of anilines is 1. The number of aromatic nitrogens is 1. The van der Waals surface area contributed by atoms with E-state index >= 15 is 0 Å². The summed E-state index contributed by atoms with van der Waals surface area (Å²) in [5.74, 6) is 0.500. The number of aryl methyl sites for hydroxylation is 1. The van der Waals surface area contributed by atoms with Gasteiger partial charge in [0.1, 0.15) is 17.9 Å². The second kappa shape index (κ2) is 9.27. The van der Waals surface area contributed by atoms with Crippen LogP contribution in [0, 0.1) is 6.92 Å². The minimum atomic E-state index is -3.85.